The van der Waals surface area contributed by atoms with Gasteiger partial charge in [0.05, 0.1) is 7.11 Å². The van der Waals surface area contributed by atoms with Gasteiger partial charge in [-0.2, -0.15) is 0 Å². The van der Waals surface area contributed by atoms with Crippen molar-refractivity contribution in [3.63, 3.8) is 0 Å². The first-order valence-electron chi connectivity index (χ1n) is 5.86. The maximum Gasteiger partial charge on any atom is 0.244 e. The first-order valence-corrected chi connectivity index (χ1v) is 5.86. The van der Waals surface area contributed by atoms with Crippen LogP contribution >= 0.6 is 0 Å². The molecule has 4 nitrogen and oxygen atoms in total. The average Bonchev–Trinajstić information content (AvgIpc) is 2.42. The molecule has 0 aliphatic heterocycles. The summed E-state index contributed by atoms with van der Waals surface area (Å²) in [5.74, 6) is 0.656. The maximum atomic E-state index is 11.5. The summed E-state index contributed by atoms with van der Waals surface area (Å²) >= 11 is 0. The van der Waals surface area contributed by atoms with E-state index in [-0.39, 0.29) is 18.4 Å². The van der Waals surface area contributed by atoms with Crippen molar-refractivity contribution >= 4 is 12.0 Å². The van der Waals surface area contributed by atoms with Gasteiger partial charge in [0.25, 0.3) is 0 Å². The summed E-state index contributed by atoms with van der Waals surface area (Å²) in [4.78, 5) is 11.5. The Morgan fingerprint density at radius 3 is 3.00 bits per heavy atom. The summed E-state index contributed by atoms with van der Waals surface area (Å²) in [7, 11) is 1.60. The number of hydrogen-bond donors (Lipinski definition) is 2. The zero-order valence-corrected chi connectivity index (χ0v) is 10.7. The summed E-state index contributed by atoms with van der Waals surface area (Å²) in [6, 6.07) is 7.45. The van der Waals surface area contributed by atoms with Crippen LogP contribution in [0.15, 0.2) is 30.3 Å². The number of nitrogens with one attached hydrogen (secondary N) is 1. The van der Waals surface area contributed by atoms with Gasteiger partial charge in [-0.15, -0.1) is 0 Å². The molecule has 0 radical (unpaired) electrons. The molecule has 1 amide bonds. The summed E-state index contributed by atoms with van der Waals surface area (Å²) in [6.45, 7) is 2.41. The molecule has 1 aromatic carbocycles. The summed E-state index contributed by atoms with van der Waals surface area (Å²) in [6.07, 6.45) is 3.19. The fraction of sp³-hybridized carbons (Fsp3) is 0.357. The third-order valence-electron chi connectivity index (χ3n) is 2.46. The lowest BCUT2D eigenvalue weighted by Gasteiger charge is -2.07. The molecule has 1 rings (SSSR count). The van der Waals surface area contributed by atoms with Gasteiger partial charge in [0.15, 0.2) is 0 Å². The third kappa shape index (κ3) is 5.01. The van der Waals surface area contributed by atoms with E-state index in [0.717, 1.165) is 11.3 Å². The van der Waals surface area contributed by atoms with Crippen LogP contribution in [0.2, 0.25) is 0 Å². The zero-order valence-electron chi connectivity index (χ0n) is 10.7. The first-order chi connectivity index (χ1) is 8.65. The van der Waals surface area contributed by atoms with Crippen molar-refractivity contribution in [2.24, 2.45) is 5.92 Å². The van der Waals surface area contributed by atoms with E-state index in [1.165, 1.54) is 6.08 Å². The van der Waals surface area contributed by atoms with Crippen LogP contribution in [0.4, 0.5) is 0 Å². The molecule has 0 bridgehead atoms. The van der Waals surface area contributed by atoms with Crippen molar-refractivity contribution < 1.29 is 14.6 Å². The SMILES string of the molecule is COc1cccc(/C=C/C(=O)NCC(C)CO)c1. The standard InChI is InChI=1S/C14H19NO3/c1-11(10-16)9-15-14(17)7-6-12-4-3-5-13(8-12)18-2/h3-8,11,16H,9-10H2,1-2H3,(H,15,17)/b7-6+. The second-order valence-electron chi connectivity index (χ2n) is 4.14. The van der Waals surface area contributed by atoms with Gasteiger partial charge in [-0.25, -0.2) is 0 Å². The van der Waals surface area contributed by atoms with Gasteiger partial charge in [-0.3, -0.25) is 4.79 Å². The van der Waals surface area contributed by atoms with Crippen LogP contribution in [0.5, 0.6) is 5.75 Å². The largest absolute Gasteiger partial charge is 0.497 e. The molecule has 98 valence electrons. The Kier molecular flexibility index (Phi) is 5.94. The Bertz CT molecular complexity index is 415. The molecule has 1 atom stereocenters. The first kappa shape index (κ1) is 14.3. The van der Waals surface area contributed by atoms with Crippen molar-refractivity contribution in [3.05, 3.63) is 35.9 Å². The van der Waals surface area contributed by atoms with Gasteiger partial charge in [0, 0.05) is 19.2 Å². The Balaban J connectivity index is 2.50. The van der Waals surface area contributed by atoms with Crippen LogP contribution in [0.1, 0.15) is 12.5 Å². The van der Waals surface area contributed by atoms with E-state index in [4.69, 9.17) is 9.84 Å². The molecule has 4 heteroatoms. The molecule has 0 aliphatic carbocycles. The highest BCUT2D eigenvalue weighted by molar-refractivity contribution is 5.91. The minimum atomic E-state index is -0.168. The number of carbonyl (C=O) groups excluding carboxylic acids is 1. The second-order valence-corrected chi connectivity index (χ2v) is 4.14. The van der Waals surface area contributed by atoms with Crippen LogP contribution in [0.25, 0.3) is 6.08 Å². The molecule has 1 unspecified atom stereocenters. The second kappa shape index (κ2) is 7.50. The van der Waals surface area contributed by atoms with Crippen molar-refractivity contribution in [2.45, 2.75) is 6.92 Å². The lowest BCUT2D eigenvalue weighted by Crippen LogP contribution is -2.27. The van der Waals surface area contributed by atoms with Crippen LogP contribution in [0.3, 0.4) is 0 Å². The zero-order chi connectivity index (χ0) is 13.4. The van der Waals surface area contributed by atoms with Crippen LogP contribution < -0.4 is 10.1 Å². The fourth-order valence-corrected chi connectivity index (χ4v) is 1.32. The molecule has 0 saturated heterocycles. The molecular formula is C14H19NO3. The van der Waals surface area contributed by atoms with E-state index in [1.54, 1.807) is 13.2 Å². The Morgan fingerprint density at radius 1 is 1.56 bits per heavy atom. The average molecular weight is 249 g/mol. The molecule has 0 spiro atoms. The van der Waals surface area contributed by atoms with Crippen LogP contribution in [0, 0.1) is 5.92 Å². The van der Waals surface area contributed by atoms with E-state index in [0.29, 0.717) is 6.54 Å². The van der Waals surface area contributed by atoms with E-state index < -0.39 is 0 Å². The number of benzene rings is 1. The molecular weight excluding hydrogens is 230 g/mol. The number of aliphatic hydroxyl groups is 1. The molecule has 0 heterocycles. The molecule has 2 N–H and O–H groups in total. The van der Waals surface area contributed by atoms with Gasteiger partial charge < -0.3 is 15.2 Å². The van der Waals surface area contributed by atoms with Gasteiger partial charge in [0.1, 0.15) is 5.75 Å². The Morgan fingerprint density at radius 2 is 2.33 bits per heavy atom. The molecule has 0 saturated carbocycles. The number of amides is 1. The topological polar surface area (TPSA) is 58.6 Å². The van der Waals surface area contributed by atoms with Crippen molar-refractivity contribution in [1.29, 1.82) is 0 Å². The van der Waals surface area contributed by atoms with Gasteiger partial charge in [-0.1, -0.05) is 19.1 Å². The predicted octanol–water partition coefficient (Wildman–Crippen LogP) is 1.45. The van der Waals surface area contributed by atoms with Gasteiger partial charge in [-0.05, 0) is 29.7 Å². The number of carbonyl (C=O) groups is 1. The predicted molar refractivity (Wildman–Crippen MR) is 71.3 cm³/mol. The lowest BCUT2D eigenvalue weighted by atomic mass is 10.2. The minimum absolute atomic E-state index is 0.0687. The van der Waals surface area contributed by atoms with Crippen LogP contribution in [-0.2, 0) is 4.79 Å². The maximum absolute atomic E-state index is 11.5. The highest BCUT2D eigenvalue weighted by Gasteiger charge is 2.01. The van der Waals surface area contributed by atoms with Crippen molar-refractivity contribution in [3.8, 4) is 5.75 Å². The molecule has 0 fully saturated rings. The normalized spacial score (nSPS) is 12.4. The number of rotatable bonds is 6. The summed E-state index contributed by atoms with van der Waals surface area (Å²) in [5.41, 5.74) is 0.903. The van der Waals surface area contributed by atoms with Gasteiger partial charge in [0.2, 0.25) is 5.91 Å². The quantitative estimate of drug-likeness (QED) is 0.750. The van der Waals surface area contributed by atoms with Crippen molar-refractivity contribution in [1.82, 2.24) is 5.32 Å². The van der Waals surface area contributed by atoms with E-state index in [1.807, 2.05) is 31.2 Å². The van der Waals surface area contributed by atoms with Gasteiger partial charge >= 0.3 is 0 Å². The molecule has 1 aromatic rings. The monoisotopic (exact) mass is 249 g/mol. The van der Waals surface area contributed by atoms with E-state index >= 15 is 0 Å². The number of hydrogen-bond acceptors (Lipinski definition) is 3. The van der Waals surface area contributed by atoms with Crippen molar-refractivity contribution in [2.75, 3.05) is 20.3 Å². The molecule has 0 aliphatic rings. The number of aliphatic hydroxyl groups excluding tert-OH is 1. The molecule has 18 heavy (non-hydrogen) atoms. The minimum Gasteiger partial charge on any atom is -0.497 e. The van der Waals surface area contributed by atoms with Crippen LogP contribution in [-0.4, -0.2) is 31.3 Å². The highest BCUT2D eigenvalue weighted by atomic mass is 16.5. The molecule has 0 aromatic heterocycles. The number of ether oxygens (including phenoxy) is 1. The third-order valence-corrected chi connectivity index (χ3v) is 2.46. The number of methoxy groups -OCH3 is 1. The Labute approximate surface area is 107 Å². The fourth-order valence-electron chi connectivity index (χ4n) is 1.32. The Hall–Kier alpha value is -1.81. The van der Waals surface area contributed by atoms with E-state index in [2.05, 4.69) is 5.32 Å². The summed E-state index contributed by atoms with van der Waals surface area (Å²) < 4.78 is 5.09. The lowest BCUT2D eigenvalue weighted by molar-refractivity contribution is -0.116. The smallest absolute Gasteiger partial charge is 0.244 e. The van der Waals surface area contributed by atoms with E-state index in [9.17, 15) is 4.79 Å². The highest BCUT2D eigenvalue weighted by Crippen LogP contribution is 2.13. The summed E-state index contributed by atoms with van der Waals surface area (Å²) in [5, 5.41) is 11.5.